The first-order valence-corrected chi connectivity index (χ1v) is 5.58. The number of halogens is 1. The van der Waals surface area contributed by atoms with Crippen LogP contribution < -0.4 is 5.32 Å². The molecule has 0 amide bonds. The Kier molecular flexibility index (Phi) is 3.65. The lowest BCUT2D eigenvalue weighted by Crippen LogP contribution is -2.03. The zero-order valence-corrected chi connectivity index (χ0v) is 9.65. The highest BCUT2D eigenvalue weighted by Crippen LogP contribution is 2.09. The van der Waals surface area contributed by atoms with Gasteiger partial charge in [-0.1, -0.05) is 12.1 Å². The van der Waals surface area contributed by atoms with E-state index in [2.05, 4.69) is 15.3 Å². The number of aromatic nitrogens is 2. The minimum atomic E-state index is -0.231. The molecule has 2 rings (SSSR count). The lowest BCUT2D eigenvalue weighted by Gasteiger charge is -2.04. The van der Waals surface area contributed by atoms with Crippen molar-refractivity contribution in [3.8, 4) is 0 Å². The smallest absolute Gasteiger partial charge is 0.135 e. The average molecular weight is 231 g/mol. The van der Waals surface area contributed by atoms with Crippen molar-refractivity contribution in [2.75, 3.05) is 11.9 Å². The Hall–Kier alpha value is -1.97. The standard InChI is InChI=1S/C13H14FN3/c1-2-15-12-6-7-16-13(17-12)9-10-4-3-5-11(14)8-10/h3-8H,2,9H2,1H3,(H,15,16,17). The van der Waals surface area contributed by atoms with Gasteiger partial charge in [0, 0.05) is 19.2 Å². The molecule has 0 unspecified atom stereocenters. The van der Waals surface area contributed by atoms with Crippen LogP contribution in [-0.4, -0.2) is 16.5 Å². The summed E-state index contributed by atoms with van der Waals surface area (Å²) in [5.74, 6) is 1.26. The second-order valence-electron chi connectivity index (χ2n) is 3.70. The van der Waals surface area contributed by atoms with Gasteiger partial charge < -0.3 is 5.32 Å². The van der Waals surface area contributed by atoms with Gasteiger partial charge in [0.05, 0.1) is 0 Å². The maximum atomic E-state index is 13.0. The summed E-state index contributed by atoms with van der Waals surface area (Å²) in [7, 11) is 0. The minimum Gasteiger partial charge on any atom is -0.370 e. The van der Waals surface area contributed by atoms with Gasteiger partial charge in [-0.25, -0.2) is 14.4 Å². The Labute approximate surface area is 99.7 Å². The Bertz CT molecular complexity index is 500. The number of benzene rings is 1. The zero-order chi connectivity index (χ0) is 12.1. The summed E-state index contributed by atoms with van der Waals surface area (Å²) in [4.78, 5) is 8.52. The van der Waals surface area contributed by atoms with Crippen molar-refractivity contribution in [3.63, 3.8) is 0 Å². The molecule has 1 heterocycles. The molecular formula is C13H14FN3. The van der Waals surface area contributed by atoms with Crippen molar-refractivity contribution in [2.45, 2.75) is 13.3 Å². The van der Waals surface area contributed by atoms with Gasteiger partial charge in [0.15, 0.2) is 0 Å². The molecule has 1 aromatic carbocycles. The molecule has 0 aliphatic heterocycles. The monoisotopic (exact) mass is 231 g/mol. The fourth-order valence-corrected chi connectivity index (χ4v) is 1.59. The van der Waals surface area contributed by atoms with E-state index in [0.717, 1.165) is 17.9 Å². The minimum absolute atomic E-state index is 0.231. The molecule has 0 saturated carbocycles. The lowest BCUT2D eigenvalue weighted by molar-refractivity contribution is 0.626. The van der Waals surface area contributed by atoms with Crippen LogP contribution in [0, 0.1) is 5.82 Å². The van der Waals surface area contributed by atoms with Crippen molar-refractivity contribution >= 4 is 5.82 Å². The van der Waals surface area contributed by atoms with Gasteiger partial charge >= 0.3 is 0 Å². The van der Waals surface area contributed by atoms with E-state index in [0.29, 0.717) is 12.2 Å². The Balaban J connectivity index is 2.15. The Morgan fingerprint density at radius 1 is 1.29 bits per heavy atom. The molecular weight excluding hydrogens is 217 g/mol. The first kappa shape index (κ1) is 11.5. The average Bonchev–Trinajstić information content (AvgIpc) is 2.30. The summed E-state index contributed by atoms with van der Waals surface area (Å²) in [6.45, 7) is 2.82. The molecule has 0 radical (unpaired) electrons. The molecule has 0 spiro atoms. The predicted octanol–water partition coefficient (Wildman–Crippen LogP) is 2.64. The van der Waals surface area contributed by atoms with E-state index >= 15 is 0 Å². The van der Waals surface area contributed by atoms with Gasteiger partial charge in [0.25, 0.3) is 0 Å². The highest BCUT2D eigenvalue weighted by atomic mass is 19.1. The van der Waals surface area contributed by atoms with Crippen LogP contribution in [0.15, 0.2) is 36.5 Å². The fraction of sp³-hybridized carbons (Fsp3) is 0.231. The maximum Gasteiger partial charge on any atom is 0.135 e. The van der Waals surface area contributed by atoms with E-state index in [1.165, 1.54) is 12.1 Å². The normalized spacial score (nSPS) is 10.2. The second kappa shape index (κ2) is 5.39. The van der Waals surface area contributed by atoms with Gasteiger partial charge in [-0.15, -0.1) is 0 Å². The van der Waals surface area contributed by atoms with Crippen molar-refractivity contribution in [2.24, 2.45) is 0 Å². The van der Waals surface area contributed by atoms with Crippen LogP contribution in [-0.2, 0) is 6.42 Å². The van der Waals surface area contributed by atoms with Crippen LogP contribution in [0.5, 0.6) is 0 Å². The van der Waals surface area contributed by atoms with Crippen molar-refractivity contribution in [3.05, 3.63) is 53.7 Å². The largest absolute Gasteiger partial charge is 0.370 e. The van der Waals surface area contributed by atoms with Crippen LogP contribution in [0.2, 0.25) is 0 Å². The van der Waals surface area contributed by atoms with Gasteiger partial charge in [-0.2, -0.15) is 0 Å². The molecule has 0 bridgehead atoms. The summed E-state index contributed by atoms with van der Waals surface area (Å²) in [5.41, 5.74) is 0.874. The molecule has 1 aromatic heterocycles. The van der Waals surface area contributed by atoms with E-state index in [9.17, 15) is 4.39 Å². The molecule has 0 atom stereocenters. The number of hydrogen-bond donors (Lipinski definition) is 1. The molecule has 17 heavy (non-hydrogen) atoms. The lowest BCUT2D eigenvalue weighted by atomic mass is 10.1. The van der Waals surface area contributed by atoms with Gasteiger partial charge in [-0.05, 0) is 30.7 Å². The van der Waals surface area contributed by atoms with Crippen LogP contribution >= 0.6 is 0 Å². The summed E-state index contributed by atoms with van der Waals surface area (Å²) >= 11 is 0. The van der Waals surface area contributed by atoms with Crippen LogP contribution in [0.4, 0.5) is 10.2 Å². The van der Waals surface area contributed by atoms with Crippen LogP contribution in [0.25, 0.3) is 0 Å². The van der Waals surface area contributed by atoms with E-state index in [-0.39, 0.29) is 5.82 Å². The number of nitrogens with one attached hydrogen (secondary N) is 1. The van der Waals surface area contributed by atoms with Gasteiger partial charge in [-0.3, -0.25) is 0 Å². The Morgan fingerprint density at radius 2 is 2.18 bits per heavy atom. The molecule has 1 N–H and O–H groups in total. The van der Waals surface area contributed by atoms with E-state index in [1.54, 1.807) is 12.3 Å². The third kappa shape index (κ3) is 3.24. The molecule has 4 heteroatoms. The van der Waals surface area contributed by atoms with E-state index in [4.69, 9.17) is 0 Å². The number of nitrogens with zero attached hydrogens (tertiary/aromatic N) is 2. The van der Waals surface area contributed by atoms with Gasteiger partial charge in [0.2, 0.25) is 0 Å². The molecule has 3 nitrogen and oxygen atoms in total. The third-order valence-electron chi connectivity index (χ3n) is 2.31. The highest BCUT2D eigenvalue weighted by Gasteiger charge is 2.01. The highest BCUT2D eigenvalue weighted by molar-refractivity contribution is 5.33. The fourth-order valence-electron chi connectivity index (χ4n) is 1.59. The quantitative estimate of drug-likeness (QED) is 0.879. The molecule has 0 saturated heterocycles. The van der Waals surface area contributed by atoms with Crippen LogP contribution in [0.1, 0.15) is 18.3 Å². The van der Waals surface area contributed by atoms with E-state index in [1.807, 2.05) is 19.1 Å². The molecule has 0 fully saturated rings. The summed E-state index contributed by atoms with van der Waals surface area (Å²) in [6, 6.07) is 8.31. The predicted molar refractivity (Wildman–Crippen MR) is 65.4 cm³/mol. The van der Waals surface area contributed by atoms with Gasteiger partial charge in [0.1, 0.15) is 17.5 Å². The SMILES string of the molecule is CCNc1ccnc(Cc2cccc(F)c2)n1. The zero-order valence-electron chi connectivity index (χ0n) is 9.65. The first-order valence-electron chi connectivity index (χ1n) is 5.58. The second-order valence-corrected chi connectivity index (χ2v) is 3.70. The topological polar surface area (TPSA) is 37.8 Å². The number of rotatable bonds is 4. The maximum absolute atomic E-state index is 13.0. The molecule has 88 valence electrons. The van der Waals surface area contributed by atoms with Crippen molar-refractivity contribution in [1.29, 1.82) is 0 Å². The molecule has 0 aliphatic rings. The third-order valence-corrected chi connectivity index (χ3v) is 2.31. The Morgan fingerprint density at radius 3 is 2.94 bits per heavy atom. The summed E-state index contributed by atoms with van der Waals surface area (Å²) in [6.07, 6.45) is 2.25. The van der Waals surface area contributed by atoms with Crippen molar-refractivity contribution in [1.82, 2.24) is 9.97 Å². The molecule has 0 aliphatic carbocycles. The van der Waals surface area contributed by atoms with Crippen LogP contribution in [0.3, 0.4) is 0 Å². The number of anilines is 1. The summed E-state index contributed by atoms with van der Waals surface area (Å²) < 4.78 is 13.0. The molecule has 2 aromatic rings. The number of hydrogen-bond acceptors (Lipinski definition) is 3. The summed E-state index contributed by atoms with van der Waals surface area (Å²) in [5, 5.41) is 3.12. The van der Waals surface area contributed by atoms with E-state index < -0.39 is 0 Å². The van der Waals surface area contributed by atoms with Crippen molar-refractivity contribution < 1.29 is 4.39 Å². The first-order chi connectivity index (χ1) is 8.28.